The highest BCUT2D eigenvalue weighted by atomic mass is 32.2. The summed E-state index contributed by atoms with van der Waals surface area (Å²) in [6.45, 7) is 4.70. The first-order chi connectivity index (χ1) is 8.56. The summed E-state index contributed by atoms with van der Waals surface area (Å²) in [6, 6.07) is 6.26. The lowest BCUT2D eigenvalue weighted by molar-refractivity contribution is 0.370. The molecule has 1 aromatic rings. The van der Waals surface area contributed by atoms with Crippen molar-refractivity contribution in [3.63, 3.8) is 0 Å². The SMILES string of the molecule is C#CCOc1ccc(S(=O)(=O)N(CC)CC)cc1. The van der Waals surface area contributed by atoms with Crippen molar-refractivity contribution in [3.8, 4) is 18.1 Å². The number of hydrogen-bond donors (Lipinski definition) is 0. The van der Waals surface area contributed by atoms with E-state index in [1.54, 1.807) is 12.1 Å². The van der Waals surface area contributed by atoms with E-state index in [0.29, 0.717) is 18.8 Å². The van der Waals surface area contributed by atoms with Gasteiger partial charge in [-0.05, 0) is 24.3 Å². The molecule has 0 radical (unpaired) electrons. The topological polar surface area (TPSA) is 46.6 Å². The summed E-state index contributed by atoms with van der Waals surface area (Å²) in [5, 5.41) is 0. The van der Waals surface area contributed by atoms with Crippen LogP contribution in [0.3, 0.4) is 0 Å². The highest BCUT2D eigenvalue weighted by molar-refractivity contribution is 7.89. The van der Waals surface area contributed by atoms with E-state index < -0.39 is 10.0 Å². The van der Waals surface area contributed by atoms with Crippen molar-refractivity contribution in [2.24, 2.45) is 0 Å². The van der Waals surface area contributed by atoms with E-state index in [2.05, 4.69) is 5.92 Å². The quantitative estimate of drug-likeness (QED) is 0.737. The minimum absolute atomic E-state index is 0.169. The van der Waals surface area contributed by atoms with Gasteiger partial charge < -0.3 is 4.74 Å². The molecule has 0 saturated carbocycles. The summed E-state index contributed by atoms with van der Waals surface area (Å²) in [5.74, 6) is 2.91. The van der Waals surface area contributed by atoms with Crippen molar-refractivity contribution >= 4 is 10.0 Å². The molecule has 5 heteroatoms. The maximum absolute atomic E-state index is 12.2. The highest BCUT2D eigenvalue weighted by Gasteiger charge is 2.21. The number of benzene rings is 1. The summed E-state index contributed by atoms with van der Waals surface area (Å²) in [6.07, 6.45) is 5.07. The Kier molecular flexibility index (Phi) is 5.20. The standard InChI is InChI=1S/C13H17NO3S/c1-4-11-17-12-7-9-13(10-8-12)18(15,16)14(5-2)6-3/h1,7-10H,5-6,11H2,2-3H3. The third-order valence-electron chi connectivity index (χ3n) is 2.49. The van der Waals surface area contributed by atoms with Crippen molar-refractivity contribution in [2.45, 2.75) is 18.7 Å². The summed E-state index contributed by atoms with van der Waals surface area (Å²) >= 11 is 0. The molecule has 0 aliphatic rings. The Balaban J connectivity index is 2.94. The van der Waals surface area contributed by atoms with E-state index in [9.17, 15) is 8.42 Å². The fourth-order valence-corrected chi connectivity index (χ4v) is 3.00. The average Bonchev–Trinajstić information content (AvgIpc) is 2.38. The van der Waals surface area contributed by atoms with Crippen molar-refractivity contribution < 1.29 is 13.2 Å². The number of sulfonamides is 1. The minimum atomic E-state index is -3.40. The van der Waals surface area contributed by atoms with Crippen LogP contribution < -0.4 is 4.74 Å². The Morgan fingerprint density at radius 3 is 2.22 bits per heavy atom. The molecule has 0 aromatic heterocycles. The molecular weight excluding hydrogens is 250 g/mol. The van der Waals surface area contributed by atoms with Crippen LogP contribution in [0.4, 0.5) is 0 Å². The molecule has 0 aliphatic carbocycles. The van der Waals surface area contributed by atoms with Crippen LogP contribution in [0.2, 0.25) is 0 Å². The molecule has 0 amide bonds. The zero-order valence-corrected chi connectivity index (χ0v) is 11.4. The van der Waals surface area contributed by atoms with Crippen LogP contribution in [0, 0.1) is 12.3 Å². The number of ether oxygens (including phenoxy) is 1. The summed E-state index contributed by atoms with van der Waals surface area (Å²) < 4.78 is 30.9. The lowest BCUT2D eigenvalue weighted by Crippen LogP contribution is -2.30. The fraction of sp³-hybridized carbons (Fsp3) is 0.385. The third-order valence-corrected chi connectivity index (χ3v) is 4.55. The van der Waals surface area contributed by atoms with Gasteiger partial charge in [0.25, 0.3) is 0 Å². The molecule has 0 atom stereocenters. The van der Waals surface area contributed by atoms with Gasteiger partial charge in [-0.3, -0.25) is 0 Å². The Labute approximate surface area is 109 Å². The van der Waals surface area contributed by atoms with Crippen LogP contribution in [0.25, 0.3) is 0 Å². The summed E-state index contributed by atoms with van der Waals surface area (Å²) in [7, 11) is -3.40. The molecule has 0 saturated heterocycles. The van der Waals surface area contributed by atoms with Crippen molar-refractivity contribution in [3.05, 3.63) is 24.3 Å². The second-order valence-electron chi connectivity index (χ2n) is 3.55. The molecule has 18 heavy (non-hydrogen) atoms. The number of rotatable bonds is 6. The van der Waals surface area contributed by atoms with Crippen LogP contribution in [-0.4, -0.2) is 32.4 Å². The molecule has 0 fully saturated rings. The van der Waals surface area contributed by atoms with Crippen molar-refractivity contribution in [1.82, 2.24) is 4.31 Å². The molecular formula is C13H17NO3S. The molecule has 0 bridgehead atoms. The fourth-order valence-electron chi connectivity index (χ4n) is 1.55. The number of nitrogens with zero attached hydrogens (tertiary/aromatic N) is 1. The Morgan fingerprint density at radius 1 is 1.22 bits per heavy atom. The molecule has 0 spiro atoms. The normalized spacial score (nSPS) is 11.2. The smallest absolute Gasteiger partial charge is 0.243 e. The van der Waals surface area contributed by atoms with Gasteiger partial charge in [0, 0.05) is 13.1 Å². The summed E-state index contributed by atoms with van der Waals surface area (Å²) in [4.78, 5) is 0.263. The van der Waals surface area contributed by atoms with Crippen LogP contribution in [0.5, 0.6) is 5.75 Å². The first-order valence-corrected chi connectivity index (χ1v) is 7.16. The molecule has 1 rings (SSSR count). The average molecular weight is 267 g/mol. The molecule has 0 aliphatic heterocycles. The first kappa shape index (κ1) is 14.6. The van der Waals surface area contributed by atoms with Gasteiger partial charge in [0.1, 0.15) is 12.4 Å². The van der Waals surface area contributed by atoms with Gasteiger partial charge in [0.2, 0.25) is 10.0 Å². The van der Waals surface area contributed by atoms with E-state index in [4.69, 9.17) is 11.2 Å². The zero-order valence-electron chi connectivity index (χ0n) is 10.6. The van der Waals surface area contributed by atoms with Crippen LogP contribution in [0.1, 0.15) is 13.8 Å². The van der Waals surface area contributed by atoms with E-state index in [-0.39, 0.29) is 11.5 Å². The second-order valence-corrected chi connectivity index (χ2v) is 5.49. The maximum Gasteiger partial charge on any atom is 0.243 e. The minimum Gasteiger partial charge on any atom is -0.481 e. The second kappa shape index (κ2) is 6.43. The zero-order chi connectivity index (χ0) is 13.6. The maximum atomic E-state index is 12.2. The lowest BCUT2D eigenvalue weighted by atomic mass is 10.3. The number of hydrogen-bond acceptors (Lipinski definition) is 3. The van der Waals surface area contributed by atoms with Gasteiger partial charge in [-0.2, -0.15) is 4.31 Å². The van der Waals surface area contributed by atoms with E-state index in [0.717, 1.165) is 0 Å². The van der Waals surface area contributed by atoms with Crippen LogP contribution in [0.15, 0.2) is 29.2 Å². The van der Waals surface area contributed by atoms with Crippen molar-refractivity contribution in [1.29, 1.82) is 0 Å². The molecule has 4 nitrogen and oxygen atoms in total. The monoisotopic (exact) mass is 267 g/mol. The van der Waals surface area contributed by atoms with Gasteiger partial charge in [-0.1, -0.05) is 19.8 Å². The van der Waals surface area contributed by atoms with Crippen molar-refractivity contribution in [2.75, 3.05) is 19.7 Å². The van der Waals surface area contributed by atoms with Crippen LogP contribution >= 0.6 is 0 Å². The molecule has 0 N–H and O–H groups in total. The van der Waals surface area contributed by atoms with Gasteiger partial charge >= 0.3 is 0 Å². The first-order valence-electron chi connectivity index (χ1n) is 5.72. The largest absolute Gasteiger partial charge is 0.481 e. The molecule has 0 heterocycles. The van der Waals surface area contributed by atoms with Crippen LogP contribution in [-0.2, 0) is 10.0 Å². The molecule has 0 unspecified atom stereocenters. The lowest BCUT2D eigenvalue weighted by Gasteiger charge is -2.18. The molecule has 1 aromatic carbocycles. The Bertz CT molecular complexity index is 510. The predicted molar refractivity (Wildman–Crippen MR) is 70.9 cm³/mol. The van der Waals surface area contributed by atoms with Gasteiger partial charge in [-0.15, -0.1) is 6.42 Å². The van der Waals surface area contributed by atoms with Gasteiger partial charge in [-0.25, -0.2) is 8.42 Å². The van der Waals surface area contributed by atoms with Gasteiger partial charge in [0.15, 0.2) is 0 Å². The summed E-state index contributed by atoms with van der Waals surface area (Å²) in [5.41, 5.74) is 0. The highest BCUT2D eigenvalue weighted by Crippen LogP contribution is 2.19. The molecule has 98 valence electrons. The number of terminal acetylenes is 1. The van der Waals surface area contributed by atoms with E-state index in [1.165, 1.54) is 16.4 Å². The van der Waals surface area contributed by atoms with E-state index >= 15 is 0 Å². The third kappa shape index (κ3) is 3.25. The van der Waals surface area contributed by atoms with E-state index in [1.807, 2.05) is 13.8 Å². The predicted octanol–water partition coefficient (Wildman–Crippen LogP) is 1.73. The van der Waals surface area contributed by atoms with Gasteiger partial charge in [0.05, 0.1) is 4.90 Å². The Hall–Kier alpha value is -1.51. The Morgan fingerprint density at radius 2 is 1.78 bits per heavy atom.